The highest BCUT2D eigenvalue weighted by Gasteiger charge is 2.42. The molecule has 0 fully saturated rings. The zero-order valence-electron chi connectivity index (χ0n) is 16.6. The SMILES string of the molecule is Cc1ccnc2cc3c(cc12)OC(C)(C)C(O)C3NCCc1ccc(N)cc1. The second-order valence-corrected chi connectivity index (χ2v) is 8.11. The van der Waals surface area contributed by atoms with Gasteiger partial charge in [-0.3, -0.25) is 4.98 Å². The Bertz CT molecular complexity index is 999. The second-order valence-electron chi connectivity index (χ2n) is 8.11. The maximum atomic E-state index is 11.0. The van der Waals surface area contributed by atoms with Crippen molar-refractivity contribution in [2.24, 2.45) is 0 Å². The summed E-state index contributed by atoms with van der Waals surface area (Å²) in [7, 11) is 0. The highest BCUT2D eigenvalue weighted by Crippen LogP contribution is 2.41. The van der Waals surface area contributed by atoms with Crippen molar-refractivity contribution in [3.63, 3.8) is 0 Å². The summed E-state index contributed by atoms with van der Waals surface area (Å²) >= 11 is 0. The van der Waals surface area contributed by atoms with Gasteiger partial charge in [0.05, 0.1) is 11.6 Å². The second kappa shape index (κ2) is 7.08. The van der Waals surface area contributed by atoms with Crippen LogP contribution in [0.1, 0.15) is 36.6 Å². The molecule has 0 radical (unpaired) electrons. The third kappa shape index (κ3) is 3.43. The van der Waals surface area contributed by atoms with E-state index in [0.717, 1.165) is 46.4 Å². The third-order valence-electron chi connectivity index (χ3n) is 5.58. The van der Waals surface area contributed by atoms with E-state index in [1.807, 2.05) is 56.4 Å². The van der Waals surface area contributed by atoms with Crippen LogP contribution in [0.5, 0.6) is 5.75 Å². The van der Waals surface area contributed by atoms with Crippen molar-refractivity contribution < 1.29 is 9.84 Å². The predicted octanol–water partition coefficient (Wildman–Crippen LogP) is 3.53. The van der Waals surface area contributed by atoms with Gasteiger partial charge in [-0.15, -0.1) is 0 Å². The molecule has 2 heterocycles. The van der Waals surface area contributed by atoms with Gasteiger partial charge in [0, 0.05) is 22.8 Å². The monoisotopic (exact) mass is 377 g/mol. The minimum absolute atomic E-state index is 0.223. The zero-order chi connectivity index (χ0) is 19.9. The molecule has 2 aromatic carbocycles. The molecular weight excluding hydrogens is 350 g/mol. The molecule has 0 spiro atoms. The molecule has 3 aromatic rings. The maximum absolute atomic E-state index is 11.0. The van der Waals surface area contributed by atoms with Crippen LogP contribution < -0.4 is 15.8 Å². The van der Waals surface area contributed by atoms with Gasteiger partial charge in [0.2, 0.25) is 0 Å². The largest absolute Gasteiger partial charge is 0.485 e. The summed E-state index contributed by atoms with van der Waals surface area (Å²) in [4.78, 5) is 4.51. The molecule has 5 nitrogen and oxygen atoms in total. The summed E-state index contributed by atoms with van der Waals surface area (Å²) < 4.78 is 6.17. The molecule has 28 heavy (non-hydrogen) atoms. The van der Waals surface area contributed by atoms with Crippen molar-refractivity contribution in [1.29, 1.82) is 0 Å². The van der Waals surface area contributed by atoms with Crippen LogP contribution in [0.15, 0.2) is 48.7 Å². The van der Waals surface area contributed by atoms with E-state index in [0.29, 0.717) is 0 Å². The number of nitrogens with two attached hydrogens (primary N) is 1. The van der Waals surface area contributed by atoms with E-state index in [-0.39, 0.29) is 6.04 Å². The van der Waals surface area contributed by atoms with Crippen molar-refractivity contribution in [1.82, 2.24) is 10.3 Å². The van der Waals surface area contributed by atoms with Gasteiger partial charge in [-0.2, -0.15) is 0 Å². The van der Waals surface area contributed by atoms with Crippen LogP contribution >= 0.6 is 0 Å². The Balaban J connectivity index is 1.63. The molecule has 1 aliphatic heterocycles. The van der Waals surface area contributed by atoms with Gasteiger partial charge in [-0.05, 0) is 75.2 Å². The number of anilines is 1. The summed E-state index contributed by atoms with van der Waals surface area (Å²) in [5.41, 5.74) is 10.1. The molecule has 1 aromatic heterocycles. The van der Waals surface area contributed by atoms with E-state index in [2.05, 4.69) is 23.3 Å². The normalized spacial score (nSPS) is 20.6. The molecule has 0 saturated carbocycles. The maximum Gasteiger partial charge on any atom is 0.131 e. The summed E-state index contributed by atoms with van der Waals surface area (Å²) in [6.45, 7) is 6.66. The van der Waals surface area contributed by atoms with Crippen molar-refractivity contribution in [3.05, 3.63) is 65.4 Å². The molecule has 0 saturated heterocycles. The van der Waals surface area contributed by atoms with Crippen molar-refractivity contribution >= 4 is 16.6 Å². The Morgan fingerprint density at radius 1 is 1.18 bits per heavy atom. The van der Waals surface area contributed by atoms with E-state index in [4.69, 9.17) is 10.5 Å². The lowest BCUT2D eigenvalue weighted by Gasteiger charge is -2.42. The molecule has 0 amide bonds. The number of pyridine rings is 1. The number of nitrogens with one attached hydrogen (secondary N) is 1. The number of aryl methyl sites for hydroxylation is 1. The molecule has 4 N–H and O–H groups in total. The fourth-order valence-corrected chi connectivity index (χ4v) is 3.85. The number of aliphatic hydroxyl groups is 1. The van der Waals surface area contributed by atoms with Crippen molar-refractivity contribution in [2.45, 2.75) is 44.9 Å². The number of rotatable bonds is 4. The van der Waals surface area contributed by atoms with Gasteiger partial charge < -0.3 is 20.9 Å². The fourth-order valence-electron chi connectivity index (χ4n) is 3.85. The Labute approximate surface area is 165 Å². The molecular formula is C23H27N3O2. The van der Waals surface area contributed by atoms with Gasteiger partial charge in [0.15, 0.2) is 0 Å². The van der Waals surface area contributed by atoms with Crippen LogP contribution in [0.25, 0.3) is 10.9 Å². The molecule has 4 rings (SSSR count). The number of hydrogen-bond acceptors (Lipinski definition) is 5. The smallest absolute Gasteiger partial charge is 0.131 e. The fraction of sp³-hybridized carbons (Fsp3) is 0.348. The minimum atomic E-state index is -0.685. The van der Waals surface area contributed by atoms with Crippen LogP contribution in [0.2, 0.25) is 0 Å². The van der Waals surface area contributed by atoms with E-state index in [1.165, 1.54) is 5.56 Å². The summed E-state index contributed by atoms with van der Waals surface area (Å²) in [6, 6.07) is 13.8. The average Bonchev–Trinajstić information content (AvgIpc) is 2.66. The molecule has 0 aliphatic carbocycles. The van der Waals surface area contributed by atoms with E-state index < -0.39 is 11.7 Å². The number of nitrogens with zero attached hydrogens (tertiary/aromatic N) is 1. The van der Waals surface area contributed by atoms with E-state index >= 15 is 0 Å². The molecule has 5 heteroatoms. The summed E-state index contributed by atoms with van der Waals surface area (Å²) in [5, 5.41) is 15.6. The Morgan fingerprint density at radius 2 is 1.93 bits per heavy atom. The first-order valence-corrected chi connectivity index (χ1v) is 9.69. The predicted molar refractivity (Wildman–Crippen MR) is 112 cm³/mol. The van der Waals surface area contributed by atoms with Gasteiger partial charge in [0.1, 0.15) is 17.5 Å². The quantitative estimate of drug-likeness (QED) is 0.606. The number of hydrogen-bond donors (Lipinski definition) is 3. The lowest BCUT2D eigenvalue weighted by Crippen LogP contribution is -2.52. The number of fused-ring (bicyclic) bond motifs is 2. The first-order valence-electron chi connectivity index (χ1n) is 9.69. The lowest BCUT2D eigenvalue weighted by molar-refractivity contribution is -0.0642. The number of aromatic nitrogens is 1. The van der Waals surface area contributed by atoms with Crippen molar-refractivity contribution in [3.8, 4) is 5.75 Å². The topological polar surface area (TPSA) is 80.4 Å². The minimum Gasteiger partial charge on any atom is -0.485 e. The van der Waals surface area contributed by atoms with Crippen LogP contribution in [-0.4, -0.2) is 28.3 Å². The van der Waals surface area contributed by atoms with E-state index in [9.17, 15) is 5.11 Å². The van der Waals surface area contributed by atoms with Crippen molar-refractivity contribution in [2.75, 3.05) is 12.3 Å². The van der Waals surface area contributed by atoms with Crippen LogP contribution in [0, 0.1) is 6.92 Å². The van der Waals surface area contributed by atoms with Gasteiger partial charge in [-0.1, -0.05) is 12.1 Å². The number of nitrogen functional groups attached to an aromatic ring is 1. The lowest BCUT2D eigenvalue weighted by atomic mass is 9.85. The van der Waals surface area contributed by atoms with Gasteiger partial charge >= 0.3 is 0 Å². The highest BCUT2D eigenvalue weighted by molar-refractivity contribution is 5.84. The number of aliphatic hydroxyl groups excluding tert-OH is 1. The molecule has 146 valence electrons. The molecule has 2 unspecified atom stereocenters. The van der Waals surface area contributed by atoms with Gasteiger partial charge in [0.25, 0.3) is 0 Å². The zero-order valence-corrected chi connectivity index (χ0v) is 16.6. The standard InChI is InChI=1S/C23H27N3O2/c1-14-8-10-25-19-12-18-20(13-17(14)19)28-23(2,3)22(27)21(18)26-11-9-15-4-6-16(24)7-5-15/h4-8,10,12-13,21-22,26-27H,9,11,24H2,1-3H3. The third-order valence-corrected chi connectivity index (χ3v) is 5.58. The first-order chi connectivity index (χ1) is 13.3. The Kier molecular flexibility index (Phi) is 4.73. The Morgan fingerprint density at radius 3 is 2.68 bits per heavy atom. The highest BCUT2D eigenvalue weighted by atomic mass is 16.5. The molecule has 0 bridgehead atoms. The van der Waals surface area contributed by atoms with E-state index in [1.54, 1.807) is 0 Å². The summed E-state index contributed by atoms with van der Waals surface area (Å²) in [5.74, 6) is 0.809. The Hall–Kier alpha value is -2.63. The number of benzene rings is 2. The van der Waals surface area contributed by atoms with Crippen LogP contribution in [0.3, 0.4) is 0 Å². The first kappa shape index (κ1) is 18.7. The molecule has 1 aliphatic rings. The van der Waals surface area contributed by atoms with Crippen LogP contribution in [-0.2, 0) is 6.42 Å². The van der Waals surface area contributed by atoms with Gasteiger partial charge in [-0.25, -0.2) is 0 Å². The summed E-state index contributed by atoms with van der Waals surface area (Å²) in [6.07, 6.45) is 2.00. The average molecular weight is 377 g/mol. The number of ether oxygens (including phenoxy) is 1. The van der Waals surface area contributed by atoms with Crippen LogP contribution in [0.4, 0.5) is 5.69 Å². The molecule has 2 atom stereocenters.